The molecule has 1 aromatic carbocycles. The van der Waals surface area contributed by atoms with Gasteiger partial charge in [-0.1, -0.05) is 6.58 Å². The van der Waals surface area contributed by atoms with Crippen LogP contribution in [-0.4, -0.2) is 29.2 Å². The molecule has 21 heavy (non-hydrogen) atoms. The van der Waals surface area contributed by atoms with Gasteiger partial charge in [-0.3, -0.25) is 14.4 Å². The van der Waals surface area contributed by atoms with Crippen molar-refractivity contribution in [1.82, 2.24) is 10.2 Å². The van der Waals surface area contributed by atoms with E-state index in [1.807, 2.05) is 0 Å². The standard InChI is InChI=1S/C15H15N3O3/c1-9-2-5-13(14(20)17-9)18-7-10-6-11(16-8-19)3-4-12(10)15(18)21/h3-4,6,8,13H,1-2,5,7H2,(H,16,19)(H,17,20). The lowest BCUT2D eigenvalue weighted by molar-refractivity contribution is -0.126. The van der Waals surface area contributed by atoms with Crippen molar-refractivity contribution in [3.8, 4) is 0 Å². The third-order valence-corrected chi connectivity index (χ3v) is 3.86. The van der Waals surface area contributed by atoms with Gasteiger partial charge in [-0.2, -0.15) is 0 Å². The maximum atomic E-state index is 12.4. The smallest absolute Gasteiger partial charge is 0.255 e. The molecule has 6 nitrogen and oxygen atoms in total. The maximum Gasteiger partial charge on any atom is 0.255 e. The first kappa shape index (κ1) is 13.4. The van der Waals surface area contributed by atoms with Gasteiger partial charge in [-0.25, -0.2) is 0 Å². The quantitative estimate of drug-likeness (QED) is 0.813. The number of allylic oxidation sites excluding steroid dienone is 1. The summed E-state index contributed by atoms with van der Waals surface area (Å²) in [5, 5.41) is 5.26. The highest BCUT2D eigenvalue weighted by atomic mass is 16.2. The highest BCUT2D eigenvalue weighted by Crippen LogP contribution is 2.29. The van der Waals surface area contributed by atoms with Crippen LogP contribution in [0.3, 0.4) is 0 Å². The van der Waals surface area contributed by atoms with Crippen LogP contribution < -0.4 is 10.6 Å². The Kier molecular flexibility index (Phi) is 3.21. The molecule has 3 rings (SSSR count). The lowest BCUT2D eigenvalue weighted by atomic mass is 10.0. The van der Waals surface area contributed by atoms with Gasteiger partial charge in [0.05, 0.1) is 0 Å². The fourth-order valence-corrected chi connectivity index (χ4v) is 2.81. The number of piperidine rings is 1. The van der Waals surface area contributed by atoms with Crippen molar-refractivity contribution in [2.75, 3.05) is 5.32 Å². The normalized spacial score (nSPS) is 21.0. The van der Waals surface area contributed by atoms with Crippen LogP contribution in [0, 0.1) is 0 Å². The highest BCUT2D eigenvalue weighted by Gasteiger charge is 2.37. The summed E-state index contributed by atoms with van der Waals surface area (Å²) in [7, 11) is 0. The van der Waals surface area contributed by atoms with E-state index in [0.717, 1.165) is 5.56 Å². The molecule has 3 amide bonds. The van der Waals surface area contributed by atoms with Crippen LogP contribution in [0.2, 0.25) is 0 Å². The summed E-state index contributed by atoms with van der Waals surface area (Å²) in [6.45, 7) is 4.12. The molecule has 1 saturated heterocycles. The van der Waals surface area contributed by atoms with Crippen molar-refractivity contribution in [2.45, 2.75) is 25.4 Å². The number of carbonyl (C=O) groups is 3. The van der Waals surface area contributed by atoms with Gasteiger partial charge < -0.3 is 15.5 Å². The Morgan fingerprint density at radius 2 is 2.19 bits per heavy atom. The number of rotatable bonds is 3. The van der Waals surface area contributed by atoms with E-state index >= 15 is 0 Å². The molecular formula is C15H15N3O3. The number of anilines is 1. The monoisotopic (exact) mass is 285 g/mol. The maximum absolute atomic E-state index is 12.4. The molecule has 6 heteroatoms. The van der Waals surface area contributed by atoms with Gasteiger partial charge in [0, 0.05) is 23.5 Å². The molecule has 0 bridgehead atoms. The summed E-state index contributed by atoms with van der Waals surface area (Å²) < 4.78 is 0. The fraction of sp³-hybridized carbons (Fsp3) is 0.267. The molecule has 2 aliphatic rings. The molecule has 0 aliphatic carbocycles. The number of nitrogens with one attached hydrogen (secondary N) is 2. The van der Waals surface area contributed by atoms with Crippen LogP contribution in [0.1, 0.15) is 28.8 Å². The van der Waals surface area contributed by atoms with Crippen LogP contribution in [0.4, 0.5) is 5.69 Å². The average molecular weight is 285 g/mol. The number of benzene rings is 1. The van der Waals surface area contributed by atoms with E-state index in [-0.39, 0.29) is 11.8 Å². The largest absolute Gasteiger partial charge is 0.329 e. The molecule has 1 atom stereocenters. The second-order valence-electron chi connectivity index (χ2n) is 5.21. The first-order valence-electron chi connectivity index (χ1n) is 6.73. The second-order valence-corrected chi connectivity index (χ2v) is 5.21. The van der Waals surface area contributed by atoms with Crippen molar-refractivity contribution in [3.63, 3.8) is 0 Å². The zero-order chi connectivity index (χ0) is 15.0. The SMILES string of the molecule is C=C1CCC(N2Cc3cc(NC=O)ccc3C2=O)C(=O)N1. The third kappa shape index (κ3) is 2.29. The molecule has 1 aromatic rings. The fourth-order valence-electron chi connectivity index (χ4n) is 2.81. The first-order chi connectivity index (χ1) is 10.1. The lowest BCUT2D eigenvalue weighted by Gasteiger charge is -2.30. The molecule has 0 aromatic heterocycles. The van der Waals surface area contributed by atoms with Gasteiger partial charge in [0.25, 0.3) is 5.91 Å². The van der Waals surface area contributed by atoms with E-state index in [0.29, 0.717) is 42.7 Å². The van der Waals surface area contributed by atoms with Crippen molar-refractivity contribution in [1.29, 1.82) is 0 Å². The van der Waals surface area contributed by atoms with Crippen LogP contribution in [0.5, 0.6) is 0 Å². The number of nitrogens with zero attached hydrogens (tertiary/aromatic N) is 1. The Balaban J connectivity index is 1.84. The highest BCUT2D eigenvalue weighted by molar-refractivity contribution is 6.02. The van der Waals surface area contributed by atoms with Crippen LogP contribution in [0.15, 0.2) is 30.5 Å². The molecule has 2 heterocycles. The van der Waals surface area contributed by atoms with Crippen molar-refractivity contribution >= 4 is 23.9 Å². The topological polar surface area (TPSA) is 78.5 Å². The minimum Gasteiger partial charge on any atom is -0.329 e. The summed E-state index contributed by atoms with van der Waals surface area (Å²) in [5.41, 5.74) is 2.74. The summed E-state index contributed by atoms with van der Waals surface area (Å²) >= 11 is 0. The molecule has 2 N–H and O–H groups in total. The van der Waals surface area contributed by atoms with Crippen molar-refractivity contribution in [3.05, 3.63) is 41.6 Å². The molecule has 1 unspecified atom stereocenters. The molecule has 0 radical (unpaired) electrons. The Morgan fingerprint density at radius 1 is 1.38 bits per heavy atom. The van der Waals surface area contributed by atoms with E-state index in [2.05, 4.69) is 17.2 Å². The van der Waals surface area contributed by atoms with Gasteiger partial charge in [0.1, 0.15) is 6.04 Å². The molecule has 108 valence electrons. The minimum atomic E-state index is -0.460. The van der Waals surface area contributed by atoms with E-state index in [4.69, 9.17) is 0 Å². The molecule has 1 fully saturated rings. The number of fused-ring (bicyclic) bond motifs is 1. The Bertz CT molecular complexity index is 654. The summed E-state index contributed by atoms with van der Waals surface area (Å²) in [6.07, 6.45) is 1.86. The van der Waals surface area contributed by atoms with Crippen molar-refractivity contribution < 1.29 is 14.4 Å². The lowest BCUT2D eigenvalue weighted by Crippen LogP contribution is -2.49. The van der Waals surface area contributed by atoms with Crippen molar-refractivity contribution in [2.24, 2.45) is 0 Å². The first-order valence-corrected chi connectivity index (χ1v) is 6.73. The molecular weight excluding hydrogens is 270 g/mol. The predicted octanol–water partition coefficient (Wildman–Crippen LogP) is 1.00. The average Bonchev–Trinajstić information content (AvgIpc) is 2.76. The second kappa shape index (κ2) is 5.05. The third-order valence-electron chi connectivity index (χ3n) is 3.86. The van der Waals surface area contributed by atoms with Gasteiger partial charge >= 0.3 is 0 Å². The zero-order valence-corrected chi connectivity index (χ0v) is 11.4. The summed E-state index contributed by atoms with van der Waals surface area (Å²) in [5.74, 6) is -0.325. The van der Waals surface area contributed by atoms with Crippen LogP contribution >= 0.6 is 0 Å². The van der Waals surface area contributed by atoms with E-state index < -0.39 is 6.04 Å². The van der Waals surface area contributed by atoms with E-state index in [9.17, 15) is 14.4 Å². The van der Waals surface area contributed by atoms with E-state index in [1.54, 1.807) is 23.1 Å². The molecule has 0 saturated carbocycles. The van der Waals surface area contributed by atoms with Gasteiger partial charge in [-0.05, 0) is 36.6 Å². The van der Waals surface area contributed by atoms with Gasteiger partial charge in [-0.15, -0.1) is 0 Å². The van der Waals surface area contributed by atoms with Gasteiger partial charge in [0.2, 0.25) is 12.3 Å². The predicted molar refractivity (Wildman–Crippen MR) is 76.3 cm³/mol. The van der Waals surface area contributed by atoms with E-state index in [1.165, 1.54) is 0 Å². The molecule has 0 spiro atoms. The Hall–Kier alpha value is -2.63. The molecule has 2 aliphatic heterocycles. The number of carbonyl (C=O) groups excluding carboxylic acids is 3. The van der Waals surface area contributed by atoms with Crippen LogP contribution in [0.25, 0.3) is 0 Å². The number of amides is 3. The minimum absolute atomic E-state index is 0.143. The summed E-state index contributed by atoms with van der Waals surface area (Å²) in [6, 6.07) is 4.67. The summed E-state index contributed by atoms with van der Waals surface area (Å²) in [4.78, 5) is 36.5. The number of hydrogen-bond acceptors (Lipinski definition) is 3. The van der Waals surface area contributed by atoms with Gasteiger partial charge in [0.15, 0.2) is 0 Å². The zero-order valence-electron chi connectivity index (χ0n) is 11.4. The Labute approximate surface area is 121 Å². The van der Waals surface area contributed by atoms with Crippen LogP contribution in [-0.2, 0) is 16.1 Å². The number of hydrogen-bond donors (Lipinski definition) is 2. The Morgan fingerprint density at radius 3 is 2.90 bits per heavy atom.